The highest BCUT2D eigenvalue weighted by atomic mass is 19.1. The Morgan fingerprint density at radius 3 is 2.35 bits per heavy atom. The second kappa shape index (κ2) is 9.25. The molecule has 1 amide bonds. The number of methoxy groups -OCH3 is 2. The Morgan fingerprint density at radius 2 is 1.65 bits per heavy atom. The normalized spacial score (nSPS) is 19.1. The zero-order chi connectivity index (χ0) is 23.7. The minimum Gasteiger partial charge on any atom is -0.497 e. The Balaban J connectivity index is 1.44. The third-order valence-electron chi connectivity index (χ3n) is 6.81. The van der Waals surface area contributed by atoms with E-state index < -0.39 is 0 Å². The van der Waals surface area contributed by atoms with Gasteiger partial charge in [0.1, 0.15) is 17.3 Å². The van der Waals surface area contributed by atoms with E-state index in [-0.39, 0.29) is 23.7 Å². The van der Waals surface area contributed by atoms with Gasteiger partial charge in [0.05, 0.1) is 26.2 Å². The van der Waals surface area contributed by atoms with Crippen molar-refractivity contribution in [3.63, 3.8) is 0 Å². The van der Waals surface area contributed by atoms with Crippen LogP contribution >= 0.6 is 0 Å². The fraction of sp³-hybridized carbons (Fsp3) is 0.296. The van der Waals surface area contributed by atoms with E-state index >= 15 is 0 Å². The largest absolute Gasteiger partial charge is 0.497 e. The summed E-state index contributed by atoms with van der Waals surface area (Å²) >= 11 is 0. The molecule has 0 bridgehead atoms. The molecule has 0 saturated carbocycles. The summed E-state index contributed by atoms with van der Waals surface area (Å²) in [5, 5.41) is 3.10. The number of benzene rings is 3. The number of nitrogens with zero attached hydrogens (tertiary/aromatic N) is 2. The van der Waals surface area contributed by atoms with Gasteiger partial charge in [-0.3, -0.25) is 4.79 Å². The van der Waals surface area contributed by atoms with Crippen molar-refractivity contribution < 1.29 is 18.7 Å². The van der Waals surface area contributed by atoms with E-state index in [1.165, 1.54) is 12.1 Å². The van der Waals surface area contributed by atoms with Gasteiger partial charge in [0.25, 0.3) is 0 Å². The summed E-state index contributed by atoms with van der Waals surface area (Å²) in [4.78, 5) is 18.1. The van der Waals surface area contributed by atoms with Crippen molar-refractivity contribution in [1.29, 1.82) is 0 Å². The molecular weight excluding hydrogens is 433 g/mol. The lowest BCUT2D eigenvalue weighted by Crippen LogP contribution is -2.60. The van der Waals surface area contributed by atoms with Gasteiger partial charge >= 0.3 is 0 Å². The fourth-order valence-corrected chi connectivity index (χ4v) is 5.00. The summed E-state index contributed by atoms with van der Waals surface area (Å²) < 4.78 is 24.2. The number of nitrogens with one attached hydrogen (secondary N) is 1. The van der Waals surface area contributed by atoms with E-state index in [1.807, 2.05) is 30.3 Å². The molecule has 3 aromatic carbocycles. The first-order chi connectivity index (χ1) is 16.6. The van der Waals surface area contributed by atoms with Gasteiger partial charge in [0, 0.05) is 42.8 Å². The van der Waals surface area contributed by atoms with Crippen molar-refractivity contribution >= 4 is 23.0 Å². The summed E-state index contributed by atoms with van der Waals surface area (Å²) in [5.41, 5.74) is 3.97. The SMILES string of the molecule is COc1ccc(NC(=O)[C@H]2Cc3ccc(OC)cc3N3CCN(c4ccc(F)cc4)C[C@@H]23)cc1. The molecule has 0 spiro atoms. The number of amides is 1. The van der Waals surface area contributed by atoms with Crippen molar-refractivity contribution in [1.82, 2.24) is 0 Å². The average Bonchev–Trinajstić information content (AvgIpc) is 2.88. The Morgan fingerprint density at radius 1 is 0.941 bits per heavy atom. The minimum absolute atomic E-state index is 0.0115. The van der Waals surface area contributed by atoms with Crippen molar-refractivity contribution in [2.45, 2.75) is 12.5 Å². The first-order valence-corrected chi connectivity index (χ1v) is 11.4. The van der Waals surface area contributed by atoms with E-state index in [0.29, 0.717) is 13.0 Å². The van der Waals surface area contributed by atoms with Crippen LogP contribution < -0.4 is 24.6 Å². The number of ether oxygens (including phenoxy) is 2. The summed E-state index contributed by atoms with van der Waals surface area (Å²) in [6.07, 6.45) is 0.639. The van der Waals surface area contributed by atoms with E-state index in [1.54, 1.807) is 26.4 Å². The zero-order valence-corrected chi connectivity index (χ0v) is 19.3. The van der Waals surface area contributed by atoms with E-state index in [0.717, 1.165) is 47.2 Å². The van der Waals surface area contributed by atoms with Gasteiger partial charge in [-0.25, -0.2) is 4.39 Å². The molecule has 6 nitrogen and oxygen atoms in total. The van der Waals surface area contributed by atoms with Gasteiger partial charge in [-0.05, 0) is 66.6 Å². The molecule has 176 valence electrons. The molecule has 1 saturated heterocycles. The summed E-state index contributed by atoms with van der Waals surface area (Å²) in [7, 11) is 3.28. The molecule has 34 heavy (non-hydrogen) atoms. The predicted octanol–water partition coefficient (Wildman–Crippen LogP) is 4.35. The number of anilines is 3. The Bertz CT molecular complexity index is 1170. The summed E-state index contributed by atoms with van der Waals surface area (Å²) in [6.45, 7) is 2.21. The van der Waals surface area contributed by atoms with Gasteiger partial charge in [-0.1, -0.05) is 6.07 Å². The van der Waals surface area contributed by atoms with Crippen LogP contribution in [0.5, 0.6) is 11.5 Å². The molecule has 2 heterocycles. The molecule has 0 aliphatic carbocycles. The third-order valence-corrected chi connectivity index (χ3v) is 6.81. The van der Waals surface area contributed by atoms with Crippen LogP contribution in [-0.2, 0) is 11.2 Å². The smallest absolute Gasteiger partial charge is 0.229 e. The number of hydrogen-bond donors (Lipinski definition) is 1. The lowest BCUT2D eigenvalue weighted by Gasteiger charge is -2.49. The number of halogens is 1. The van der Waals surface area contributed by atoms with Crippen LogP contribution in [-0.4, -0.2) is 45.8 Å². The van der Waals surface area contributed by atoms with Crippen LogP contribution in [0, 0.1) is 11.7 Å². The van der Waals surface area contributed by atoms with Crippen LogP contribution in [0.3, 0.4) is 0 Å². The number of carbonyl (C=O) groups excluding carboxylic acids is 1. The number of piperazine rings is 1. The average molecular weight is 462 g/mol. The molecule has 3 aromatic rings. The molecule has 2 aliphatic rings. The highest BCUT2D eigenvalue weighted by molar-refractivity contribution is 5.94. The minimum atomic E-state index is -0.252. The molecular formula is C27H28FN3O3. The maximum Gasteiger partial charge on any atom is 0.229 e. The van der Waals surface area contributed by atoms with Crippen LogP contribution in [0.2, 0.25) is 0 Å². The molecule has 0 unspecified atom stereocenters. The topological polar surface area (TPSA) is 54.0 Å². The standard InChI is InChI=1S/C27H28FN3O3/c1-33-22-11-6-20(7-12-22)29-27(32)24-15-18-3-10-23(34-2)16-25(18)31-14-13-30(17-26(24)31)21-8-4-19(28)5-9-21/h3-12,16,24,26H,13-15,17H2,1-2H3,(H,29,32)/t24-,26-/m0/s1. The van der Waals surface area contributed by atoms with E-state index in [2.05, 4.69) is 27.2 Å². The lowest BCUT2D eigenvalue weighted by atomic mass is 9.83. The molecule has 1 fully saturated rings. The Labute approximate surface area is 198 Å². The second-order valence-corrected chi connectivity index (χ2v) is 8.71. The van der Waals surface area contributed by atoms with Gasteiger partial charge in [-0.15, -0.1) is 0 Å². The maximum absolute atomic E-state index is 13.5. The van der Waals surface area contributed by atoms with Gasteiger partial charge in [-0.2, -0.15) is 0 Å². The van der Waals surface area contributed by atoms with Gasteiger partial charge in [0.15, 0.2) is 0 Å². The second-order valence-electron chi connectivity index (χ2n) is 8.71. The van der Waals surface area contributed by atoms with Gasteiger partial charge in [0.2, 0.25) is 5.91 Å². The lowest BCUT2D eigenvalue weighted by molar-refractivity contribution is -0.120. The first-order valence-electron chi connectivity index (χ1n) is 11.4. The highest BCUT2D eigenvalue weighted by Gasteiger charge is 2.41. The molecule has 0 aromatic heterocycles. The van der Waals surface area contributed by atoms with Crippen LogP contribution in [0.15, 0.2) is 66.7 Å². The quantitative estimate of drug-likeness (QED) is 0.612. The van der Waals surface area contributed by atoms with Crippen LogP contribution in [0.1, 0.15) is 5.56 Å². The first kappa shape index (κ1) is 22.1. The summed E-state index contributed by atoms with van der Waals surface area (Å²) in [6, 6.07) is 20.0. The van der Waals surface area contributed by atoms with Crippen molar-refractivity contribution in [3.8, 4) is 11.5 Å². The van der Waals surface area contributed by atoms with Crippen LogP contribution in [0.4, 0.5) is 21.5 Å². The molecule has 0 radical (unpaired) electrons. The van der Waals surface area contributed by atoms with Gasteiger partial charge < -0.3 is 24.6 Å². The maximum atomic E-state index is 13.5. The summed E-state index contributed by atoms with van der Waals surface area (Å²) in [5.74, 6) is 1.04. The van der Waals surface area contributed by atoms with Crippen LogP contribution in [0.25, 0.3) is 0 Å². The molecule has 2 aliphatic heterocycles. The molecule has 5 rings (SSSR count). The number of hydrogen-bond acceptors (Lipinski definition) is 5. The molecule has 1 N–H and O–H groups in total. The Hall–Kier alpha value is -3.74. The fourth-order valence-electron chi connectivity index (χ4n) is 5.00. The molecule has 7 heteroatoms. The highest BCUT2D eigenvalue weighted by Crippen LogP contribution is 2.39. The Kier molecular flexibility index (Phi) is 6.01. The number of carbonyl (C=O) groups is 1. The predicted molar refractivity (Wildman–Crippen MR) is 132 cm³/mol. The van der Waals surface area contributed by atoms with Crippen molar-refractivity contribution in [3.05, 3.63) is 78.1 Å². The zero-order valence-electron chi connectivity index (χ0n) is 19.3. The number of fused-ring (bicyclic) bond motifs is 3. The van der Waals surface area contributed by atoms with E-state index in [4.69, 9.17) is 9.47 Å². The monoisotopic (exact) mass is 461 g/mol. The molecule has 2 atom stereocenters. The van der Waals surface area contributed by atoms with Crippen molar-refractivity contribution in [2.24, 2.45) is 5.92 Å². The van der Waals surface area contributed by atoms with E-state index in [9.17, 15) is 9.18 Å². The number of rotatable bonds is 5. The van der Waals surface area contributed by atoms with Crippen molar-refractivity contribution in [2.75, 3.05) is 49.0 Å². The third kappa shape index (κ3) is 4.25.